The third kappa shape index (κ3) is 5.42. The van der Waals surface area contributed by atoms with Crippen LogP contribution in [0.2, 0.25) is 0 Å². The Hall–Kier alpha value is -0.900. The van der Waals surface area contributed by atoms with Crippen molar-refractivity contribution in [2.75, 3.05) is 46.8 Å². The molecule has 118 valence electrons. The molecule has 0 amide bonds. The summed E-state index contributed by atoms with van der Waals surface area (Å²) >= 11 is 0. The molecule has 1 aliphatic rings. The third-order valence-electron chi connectivity index (χ3n) is 4.97. The van der Waals surface area contributed by atoms with E-state index >= 15 is 0 Å². The molecule has 1 heterocycles. The number of quaternary nitrogens is 3. The topological polar surface area (TPSA) is 13.3 Å². The summed E-state index contributed by atoms with van der Waals surface area (Å²) in [5, 5.41) is 0. The van der Waals surface area contributed by atoms with E-state index in [4.69, 9.17) is 0 Å². The van der Waals surface area contributed by atoms with Crippen LogP contribution in [-0.2, 0) is 6.54 Å². The second-order valence-corrected chi connectivity index (χ2v) is 6.91. The Labute approximate surface area is 130 Å². The molecule has 1 saturated heterocycles. The van der Waals surface area contributed by atoms with Crippen molar-refractivity contribution in [3.8, 4) is 0 Å². The Kier molecular flexibility index (Phi) is 6.68. The Morgan fingerprint density at radius 3 is 2.29 bits per heavy atom. The zero-order valence-electron chi connectivity index (χ0n) is 14.1. The molecule has 3 heteroatoms. The van der Waals surface area contributed by atoms with E-state index in [2.05, 4.69) is 51.4 Å². The average Bonchev–Trinajstić information content (AvgIpc) is 2.50. The zero-order chi connectivity index (χ0) is 15.1. The quantitative estimate of drug-likeness (QED) is 0.529. The first-order valence-electron chi connectivity index (χ1n) is 8.70. The number of rotatable bonds is 7. The molecule has 0 bridgehead atoms. The Morgan fingerprint density at radius 1 is 1.05 bits per heavy atom. The molecule has 0 aliphatic carbocycles. The highest BCUT2D eigenvalue weighted by molar-refractivity contribution is 5.13. The van der Waals surface area contributed by atoms with Crippen LogP contribution in [0.5, 0.6) is 0 Å². The first kappa shape index (κ1) is 16.5. The highest BCUT2D eigenvalue weighted by Gasteiger charge is 2.29. The lowest BCUT2D eigenvalue weighted by Crippen LogP contribution is -3.22. The van der Waals surface area contributed by atoms with E-state index < -0.39 is 0 Å². The summed E-state index contributed by atoms with van der Waals surface area (Å²) < 4.78 is 0. The van der Waals surface area contributed by atoms with Crippen LogP contribution in [0.25, 0.3) is 0 Å². The van der Waals surface area contributed by atoms with Gasteiger partial charge in [0.2, 0.25) is 0 Å². The summed E-state index contributed by atoms with van der Waals surface area (Å²) in [5.74, 6) is 0. The number of hydrogen-bond acceptors (Lipinski definition) is 0. The monoisotopic (exact) mass is 292 g/mol. The molecule has 1 aliphatic heterocycles. The molecule has 1 fully saturated rings. The van der Waals surface area contributed by atoms with Gasteiger partial charge in [-0.25, -0.2) is 0 Å². The maximum Gasteiger partial charge on any atom is 0.127 e. The maximum atomic E-state index is 2.35. The van der Waals surface area contributed by atoms with Gasteiger partial charge >= 0.3 is 0 Å². The molecule has 3 N–H and O–H groups in total. The van der Waals surface area contributed by atoms with Crippen LogP contribution in [0, 0.1) is 0 Å². The SMILES string of the molecule is CC[NH+](CC[NH+](C)C)C1CC[NH+](Cc2ccccc2)CC1. The van der Waals surface area contributed by atoms with Gasteiger partial charge in [-0.05, 0) is 6.92 Å². The normalized spacial score (nSPS) is 24.2. The third-order valence-corrected chi connectivity index (χ3v) is 4.97. The van der Waals surface area contributed by atoms with Crippen molar-refractivity contribution in [3.05, 3.63) is 35.9 Å². The molecule has 1 aromatic carbocycles. The van der Waals surface area contributed by atoms with Gasteiger partial charge in [-0.2, -0.15) is 0 Å². The van der Waals surface area contributed by atoms with Gasteiger partial charge < -0.3 is 14.7 Å². The Morgan fingerprint density at radius 2 is 1.71 bits per heavy atom. The van der Waals surface area contributed by atoms with E-state index in [0.29, 0.717) is 0 Å². The molecule has 21 heavy (non-hydrogen) atoms. The number of likely N-dealkylation sites (tertiary alicyclic amines) is 1. The van der Waals surface area contributed by atoms with Crippen LogP contribution in [0.3, 0.4) is 0 Å². The van der Waals surface area contributed by atoms with Gasteiger partial charge in [0.15, 0.2) is 0 Å². The fourth-order valence-electron chi connectivity index (χ4n) is 3.58. The molecular weight excluding hydrogens is 258 g/mol. The first-order chi connectivity index (χ1) is 10.2. The van der Waals surface area contributed by atoms with E-state index in [0.717, 1.165) is 6.04 Å². The molecule has 3 nitrogen and oxygen atoms in total. The predicted molar refractivity (Wildman–Crippen MR) is 87.9 cm³/mol. The van der Waals surface area contributed by atoms with Crippen LogP contribution in [0.1, 0.15) is 25.3 Å². The lowest BCUT2D eigenvalue weighted by Gasteiger charge is -2.34. The molecule has 0 radical (unpaired) electrons. The largest absolute Gasteiger partial charge is 0.335 e. The number of hydrogen-bond donors (Lipinski definition) is 3. The number of likely N-dealkylation sites (N-methyl/N-ethyl adjacent to an activating group) is 2. The maximum absolute atomic E-state index is 2.35. The number of piperidine rings is 1. The zero-order valence-corrected chi connectivity index (χ0v) is 14.1. The van der Waals surface area contributed by atoms with Crippen LogP contribution in [-0.4, -0.2) is 52.9 Å². The van der Waals surface area contributed by atoms with Gasteiger partial charge in [-0.1, -0.05) is 30.3 Å². The van der Waals surface area contributed by atoms with Gasteiger partial charge in [-0.15, -0.1) is 0 Å². The van der Waals surface area contributed by atoms with Gasteiger partial charge in [0, 0.05) is 18.4 Å². The van der Waals surface area contributed by atoms with E-state index in [1.165, 1.54) is 57.7 Å². The van der Waals surface area contributed by atoms with Crippen molar-refractivity contribution in [1.29, 1.82) is 0 Å². The lowest BCUT2D eigenvalue weighted by molar-refractivity contribution is -0.978. The average molecular weight is 292 g/mol. The van der Waals surface area contributed by atoms with Crippen molar-refractivity contribution in [2.45, 2.75) is 32.4 Å². The minimum absolute atomic E-state index is 0.897. The fourth-order valence-corrected chi connectivity index (χ4v) is 3.58. The van der Waals surface area contributed by atoms with Gasteiger partial charge in [-0.3, -0.25) is 0 Å². The Balaban J connectivity index is 1.76. The van der Waals surface area contributed by atoms with Crippen LogP contribution in [0.15, 0.2) is 30.3 Å². The summed E-state index contributed by atoms with van der Waals surface area (Å²) in [6.45, 7) is 10.2. The van der Waals surface area contributed by atoms with E-state index in [1.54, 1.807) is 9.80 Å². The summed E-state index contributed by atoms with van der Waals surface area (Å²) in [6.07, 6.45) is 2.79. The molecule has 1 atom stereocenters. The van der Waals surface area contributed by atoms with E-state index in [-0.39, 0.29) is 0 Å². The van der Waals surface area contributed by atoms with Crippen molar-refractivity contribution < 1.29 is 14.7 Å². The summed E-state index contributed by atoms with van der Waals surface area (Å²) in [5.41, 5.74) is 1.49. The minimum atomic E-state index is 0.897. The molecule has 0 aromatic heterocycles. The first-order valence-corrected chi connectivity index (χ1v) is 8.70. The second kappa shape index (κ2) is 8.52. The summed E-state index contributed by atoms with van der Waals surface area (Å²) in [4.78, 5) is 5.18. The molecule has 1 unspecified atom stereocenters. The molecule has 1 aromatic rings. The second-order valence-electron chi connectivity index (χ2n) is 6.91. The molecule has 0 spiro atoms. The number of benzene rings is 1. The van der Waals surface area contributed by atoms with Gasteiger partial charge in [0.1, 0.15) is 19.6 Å². The smallest absolute Gasteiger partial charge is 0.127 e. The van der Waals surface area contributed by atoms with E-state index in [1.807, 2.05) is 4.90 Å². The van der Waals surface area contributed by atoms with Crippen molar-refractivity contribution in [2.24, 2.45) is 0 Å². The van der Waals surface area contributed by atoms with E-state index in [9.17, 15) is 0 Å². The minimum Gasteiger partial charge on any atom is -0.335 e. The highest BCUT2D eigenvalue weighted by atomic mass is 15.2. The highest BCUT2D eigenvalue weighted by Crippen LogP contribution is 1.99. The molecule has 2 rings (SSSR count). The summed E-state index contributed by atoms with van der Waals surface area (Å²) in [6, 6.07) is 11.9. The van der Waals surface area contributed by atoms with Gasteiger partial charge in [0.25, 0.3) is 0 Å². The lowest BCUT2D eigenvalue weighted by atomic mass is 10.0. The van der Waals surface area contributed by atoms with Crippen molar-refractivity contribution >= 4 is 0 Å². The standard InChI is InChI=1S/C18H31N3/c1-4-21(15-14-19(2)3)18-10-12-20(13-11-18)16-17-8-6-5-7-9-17/h5-9,18H,4,10-16H2,1-3H3/p+3. The summed E-state index contributed by atoms with van der Waals surface area (Å²) in [7, 11) is 4.53. The predicted octanol–water partition coefficient (Wildman–Crippen LogP) is -1.72. The molecule has 0 saturated carbocycles. The van der Waals surface area contributed by atoms with Crippen LogP contribution >= 0.6 is 0 Å². The van der Waals surface area contributed by atoms with Crippen LogP contribution < -0.4 is 14.7 Å². The van der Waals surface area contributed by atoms with Gasteiger partial charge in [0.05, 0.1) is 39.8 Å². The van der Waals surface area contributed by atoms with Crippen LogP contribution in [0.4, 0.5) is 0 Å². The molecular formula is C18H34N3+3. The van der Waals surface area contributed by atoms with Crippen molar-refractivity contribution in [1.82, 2.24) is 0 Å². The Bertz CT molecular complexity index is 383. The fraction of sp³-hybridized carbons (Fsp3) is 0.667. The number of nitrogens with one attached hydrogen (secondary N) is 3. The van der Waals surface area contributed by atoms with Crippen molar-refractivity contribution in [3.63, 3.8) is 0 Å².